The van der Waals surface area contributed by atoms with E-state index in [2.05, 4.69) is 5.32 Å². The molecule has 1 aliphatic rings. The molecule has 46 heavy (non-hydrogen) atoms. The van der Waals surface area contributed by atoms with Crippen LogP contribution in [0.1, 0.15) is 43.2 Å². The van der Waals surface area contributed by atoms with Gasteiger partial charge in [-0.3, -0.25) is 13.9 Å². The number of hydrogen-bond donors (Lipinski definition) is 1. The number of benzene rings is 4. The van der Waals surface area contributed by atoms with Crippen LogP contribution in [0.25, 0.3) is 0 Å². The molecule has 0 heterocycles. The van der Waals surface area contributed by atoms with E-state index in [9.17, 15) is 18.0 Å². The zero-order valence-electron chi connectivity index (χ0n) is 25.4. The smallest absolute Gasteiger partial charge is 0.264 e. The maximum Gasteiger partial charge on any atom is 0.264 e. The van der Waals surface area contributed by atoms with E-state index in [1.54, 1.807) is 60.7 Å². The first kappa shape index (κ1) is 33.5. The molecule has 10 heteroatoms. The highest BCUT2D eigenvalue weighted by Gasteiger charge is 2.35. The van der Waals surface area contributed by atoms with E-state index in [1.807, 2.05) is 30.3 Å². The molecule has 5 rings (SSSR count). The van der Waals surface area contributed by atoms with Gasteiger partial charge in [0.1, 0.15) is 12.6 Å². The zero-order chi connectivity index (χ0) is 32.5. The Kier molecular flexibility index (Phi) is 11.4. The minimum atomic E-state index is -4.20. The van der Waals surface area contributed by atoms with E-state index in [0.29, 0.717) is 10.0 Å². The lowest BCUT2D eigenvalue weighted by Crippen LogP contribution is -2.55. The number of anilines is 1. The molecule has 0 aliphatic heterocycles. The first-order valence-electron chi connectivity index (χ1n) is 15.4. The summed E-state index contributed by atoms with van der Waals surface area (Å²) in [6.07, 6.45) is 5.22. The summed E-state index contributed by atoms with van der Waals surface area (Å²) in [5.41, 5.74) is 1.87. The number of amides is 2. The first-order chi connectivity index (χ1) is 22.2. The summed E-state index contributed by atoms with van der Waals surface area (Å²) in [5.74, 6) is -0.799. The predicted molar refractivity (Wildman–Crippen MR) is 183 cm³/mol. The van der Waals surface area contributed by atoms with E-state index in [-0.39, 0.29) is 35.5 Å². The summed E-state index contributed by atoms with van der Waals surface area (Å²) < 4.78 is 29.2. The van der Waals surface area contributed by atoms with Crippen molar-refractivity contribution < 1.29 is 18.0 Å². The highest BCUT2D eigenvalue weighted by Crippen LogP contribution is 2.27. The largest absolute Gasteiger partial charge is 0.352 e. The summed E-state index contributed by atoms with van der Waals surface area (Å²) >= 11 is 12.5. The standard InChI is InChI=1S/C36H37Cl2N3O4S/c37-29-21-19-28(20-22-29)25-40(34(23-27-11-4-1-5-12-27)36(43)39-31-14-6-2-7-15-31)35(42)26-41(32-16-10-13-30(38)24-32)46(44,45)33-17-8-3-9-18-33/h1,3-5,8-13,16-22,24,31,34H,2,6-7,14-15,23,25-26H2,(H,39,43). The van der Waals surface area contributed by atoms with Crippen LogP contribution in [0.15, 0.2) is 114 Å². The van der Waals surface area contributed by atoms with Crippen molar-refractivity contribution in [3.63, 3.8) is 0 Å². The number of halogens is 2. The van der Waals surface area contributed by atoms with Crippen molar-refractivity contribution in [3.05, 3.63) is 130 Å². The quantitative estimate of drug-likeness (QED) is 0.171. The summed E-state index contributed by atoms with van der Waals surface area (Å²) in [7, 11) is -4.20. The van der Waals surface area contributed by atoms with Crippen LogP contribution in [0.4, 0.5) is 5.69 Å². The van der Waals surface area contributed by atoms with Gasteiger partial charge in [0.2, 0.25) is 11.8 Å². The summed E-state index contributed by atoms with van der Waals surface area (Å²) in [6, 6.07) is 30.0. The van der Waals surface area contributed by atoms with Gasteiger partial charge in [0.15, 0.2) is 0 Å². The number of rotatable bonds is 12. The summed E-state index contributed by atoms with van der Waals surface area (Å²) in [4.78, 5) is 30.2. The fourth-order valence-corrected chi connectivity index (χ4v) is 7.50. The van der Waals surface area contributed by atoms with Crippen molar-refractivity contribution in [2.24, 2.45) is 0 Å². The minimum absolute atomic E-state index is 0.0217. The maximum atomic E-state index is 14.6. The average Bonchev–Trinajstić information content (AvgIpc) is 3.07. The molecule has 240 valence electrons. The van der Waals surface area contributed by atoms with Gasteiger partial charge in [-0.2, -0.15) is 0 Å². The average molecular weight is 679 g/mol. The van der Waals surface area contributed by atoms with E-state index in [1.165, 1.54) is 23.1 Å². The molecule has 0 spiro atoms. The Morgan fingerprint density at radius 1 is 0.761 bits per heavy atom. The van der Waals surface area contributed by atoms with Crippen LogP contribution in [0.3, 0.4) is 0 Å². The SMILES string of the molecule is O=C(NC1CCCCC1)C(Cc1ccccc1)N(Cc1ccc(Cl)cc1)C(=O)CN(c1cccc(Cl)c1)S(=O)(=O)c1ccccc1. The van der Waals surface area contributed by atoms with Gasteiger partial charge < -0.3 is 10.2 Å². The van der Waals surface area contributed by atoms with Crippen LogP contribution < -0.4 is 9.62 Å². The number of carbonyl (C=O) groups is 2. The topological polar surface area (TPSA) is 86.8 Å². The third-order valence-electron chi connectivity index (χ3n) is 8.20. The van der Waals surface area contributed by atoms with Crippen molar-refractivity contribution in [2.45, 2.75) is 62.0 Å². The van der Waals surface area contributed by atoms with Gasteiger partial charge >= 0.3 is 0 Å². The summed E-state index contributed by atoms with van der Waals surface area (Å²) in [5, 5.41) is 4.08. The normalized spacial score (nSPS) is 14.3. The van der Waals surface area contributed by atoms with Crippen molar-refractivity contribution in [2.75, 3.05) is 10.8 Å². The zero-order valence-corrected chi connectivity index (χ0v) is 27.7. The lowest BCUT2D eigenvalue weighted by Gasteiger charge is -2.35. The van der Waals surface area contributed by atoms with Crippen LogP contribution in [-0.4, -0.2) is 43.8 Å². The number of hydrogen-bond acceptors (Lipinski definition) is 4. The predicted octanol–water partition coefficient (Wildman–Crippen LogP) is 7.28. The van der Waals surface area contributed by atoms with Crippen LogP contribution in [0, 0.1) is 0 Å². The van der Waals surface area contributed by atoms with E-state index in [4.69, 9.17) is 23.2 Å². The number of nitrogens with one attached hydrogen (secondary N) is 1. The molecular formula is C36H37Cl2N3O4S. The van der Waals surface area contributed by atoms with Crippen LogP contribution in [0.2, 0.25) is 10.0 Å². The molecule has 1 fully saturated rings. The molecule has 2 amide bonds. The van der Waals surface area contributed by atoms with Gasteiger partial charge in [0, 0.05) is 29.1 Å². The van der Waals surface area contributed by atoms with Gasteiger partial charge in [-0.05, 0) is 66.4 Å². The van der Waals surface area contributed by atoms with Crippen molar-refractivity contribution in [1.82, 2.24) is 10.2 Å². The minimum Gasteiger partial charge on any atom is -0.352 e. The van der Waals surface area contributed by atoms with Crippen molar-refractivity contribution >= 4 is 50.7 Å². The molecule has 7 nitrogen and oxygen atoms in total. The van der Waals surface area contributed by atoms with E-state index >= 15 is 0 Å². The Balaban J connectivity index is 1.55. The van der Waals surface area contributed by atoms with E-state index < -0.39 is 28.5 Å². The Labute approximate surface area is 281 Å². The van der Waals surface area contributed by atoms with Crippen LogP contribution >= 0.6 is 23.2 Å². The number of sulfonamides is 1. The third-order valence-corrected chi connectivity index (χ3v) is 10.5. The summed E-state index contributed by atoms with van der Waals surface area (Å²) in [6.45, 7) is -0.479. The first-order valence-corrected chi connectivity index (χ1v) is 17.6. The molecule has 1 aliphatic carbocycles. The highest BCUT2D eigenvalue weighted by molar-refractivity contribution is 7.92. The van der Waals surface area contributed by atoms with Gasteiger partial charge in [-0.15, -0.1) is 0 Å². The van der Waals surface area contributed by atoms with Gasteiger partial charge in [0.05, 0.1) is 10.6 Å². The van der Waals surface area contributed by atoms with E-state index in [0.717, 1.165) is 47.5 Å². The Morgan fingerprint density at radius 2 is 1.41 bits per heavy atom. The van der Waals surface area contributed by atoms with Gasteiger partial charge in [-0.25, -0.2) is 8.42 Å². The molecule has 1 unspecified atom stereocenters. The van der Waals surface area contributed by atoms with Crippen LogP contribution in [0.5, 0.6) is 0 Å². The van der Waals surface area contributed by atoms with Gasteiger partial charge in [0.25, 0.3) is 10.0 Å². The second-order valence-electron chi connectivity index (χ2n) is 11.5. The molecular weight excluding hydrogens is 641 g/mol. The highest BCUT2D eigenvalue weighted by atomic mass is 35.5. The molecule has 1 atom stereocenters. The van der Waals surface area contributed by atoms with Crippen molar-refractivity contribution in [3.8, 4) is 0 Å². The molecule has 0 saturated heterocycles. The monoisotopic (exact) mass is 677 g/mol. The molecule has 1 N–H and O–H groups in total. The third kappa shape index (κ3) is 8.69. The fourth-order valence-electron chi connectivity index (χ4n) is 5.76. The maximum absolute atomic E-state index is 14.6. The Hall–Kier alpha value is -3.85. The molecule has 0 bridgehead atoms. The molecule has 0 radical (unpaired) electrons. The molecule has 1 saturated carbocycles. The second-order valence-corrected chi connectivity index (χ2v) is 14.2. The lowest BCUT2D eigenvalue weighted by atomic mass is 9.94. The molecule has 0 aromatic heterocycles. The molecule has 4 aromatic rings. The molecule has 4 aromatic carbocycles. The second kappa shape index (κ2) is 15.6. The Bertz CT molecular complexity index is 1720. The Morgan fingerprint density at radius 3 is 2.07 bits per heavy atom. The number of nitrogens with zero attached hydrogens (tertiary/aromatic N) is 2. The van der Waals surface area contributed by atoms with Crippen molar-refractivity contribution in [1.29, 1.82) is 0 Å². The van der Waals surface area contributed by atoms with Gasteiger partial charge in [-0.1, -0.05) is 109 Å². The fraction of sp³-hybridized carbons (Fsp3) is 0.278. The number of carbonyl (C=O) groups excluding carboxylic acids is 2. The lowest BCUT2D eigenvalue weighted by molar-refractivity contribution is -0.140. The van der Waals surface area contributed by atoms with Crippen LogP contribution in [-0.2, 0) is 32.6 Å².